The molecule has 0 atom stereocenters. The summed E-state index contributed by atoms with van der Waals surface area (Å²) in [6.07, 6.45) is 1.86. The van der Waals surface area contributed by atoms with Crippen molar-refractivity contribution < 1.29 is 9.66 Å². The number of benzene rings is 1. The number of halogens is 1. The van der Waals surface area contributed by atoms with Crippen molar-refractivity contribution in [3.63, 3.8) is 0 Å². The van der Waals surface area contributed by atoms with Crippen LogP contribution in [0.4, 0.5) is 5.69 Å². The molecule has 0 aliphatic heterocycles. The van der Waals surface area contributed by atoms with Gasteiger partial charge >= 0.3 is 5.69 Å². The Kier molecular flexibility index (Phi) is 3.63. The van der Waals surface area contributed by atoms with Crippen molar-refractivity contribution in [1.29, 1.82) is 0 Å². The fraction of sp³-hybridized carbons (Fsp3) is 0.455. The minimum atomic E-state index is -0.422. The molecule has 1 aromatic carbocycles. The third-order valence-corrected chi connectivity index (χ3v) is 3.41. The molecule has 5 nitrogen and oxygen atoms in total. The van der Waals surface area contributed by atoms with Crippen molar-refractivity contribution in [2.24, 2.45) is 0 Å². The topological polar surface area (TPSA) is 64.4 Å². The molecule has 1 aliphatic rings. The molecule has 0 heterocycles. The highest BCUT2D eigenvalue weighted by Gasteiger charge is 2.31. The maximum absolute atomic E-state index is 10.9. The second kappa shape index (κ2) is 5.01. The maximum atomic E-state index is 10.9. The summed E-state index contributed by atoms with van der Waals surface area (Å²) in [6, 6.07) is 5.31. The van der Waals surface area contributed by atoms with E-state index >= 15 is 0 Å². The predicted octanol–water partition coefficient (Wildman–Crippen LogP) is 2.49. The van der Waals surface area contributed by atoms with Crippen LogP contribution in [0.2, 0.25) is 0 Å². The SMILES string of the molecule is CNC1CC(Oc2ccc(Br)cc2[N+](=O)[O-])C1. The lowest BCUT2D eigenvalue weighted by Crippen LogP contribution is -2.45. The van der Waals surface area contributed by atoms with Crippen molar-refractivity contribution in [3.05, 3.63) is 32.8 Å². The molecule has 0 saturated heterocycles. The zero-order chi connectivity index (χ0) is 12.4. The lowest BCUT2D eigenvalue weighted by atomic mass is 9.89. The van der Waals surface area contributed by atoms with E-state index in [1.54, 1.807) is 12.1 Å². The molecule has 1 saturated carbocycles. The zero-order valence-electron chi connectivity index (χ0n) is 9.35. The molecular weight excluding hydrogens is 288 g/mol. The van der Waals surface area contributed by atoms with Gasteiger partial charge in [0.1, 0.15) is 6.10 Å². The second-order valence-electron chi connectivity index (χ2n) is 4.07. The molecule has 6 heteroatoms. The van der Waals surface area contributed by atoms with Gasteiger partial charge in [-0.1, -0.05) is 15.9 Å². The van der Waals surface area contributed by atoms with Gasteiger partial charge in [0.2, 0.25) is 0 Å². The summed E-state index contributed by atoms with van der Waals surface area (Å²) in [5, 5.41) is 14.0. The number of hydrogen-bond donors (Lipinski definition) is 1. The molecule has 2 rings (SSSR count). The van der Waals surface area contributed by atoms with E-state index < -0.39 is 4.92 Å². The number of hydrogen-bond acceptors (Lipinski definition) is 4. The second-order valence-corrected chi connectivity index (χ2v) is 4.98. The van der Waals surface area contributed by atoms with Crippen molar-refractivity contribution in [1.82, 2.24) is 5.32 Å². The Bertz CT molecular complexity index is 433. The van der Waals surface area contributed by atoms with E-state index in [-0.39, 0.29) is 11.8 Å². The monoisotopic (exact) mass is 300 g/mol. The van der Waals surface area contributed by atoms with Gasteiger partial charge in [0.05, 0.1) is 4.92 Å². The lowest BCUT2D eigenvalue weighted by molar-refractivity contribution is -0.386. The van der Waals surface area contributed by atoms with Gasteiger partial charge in [-0.05, 0) is 32.0 Å². The van der Waals surface area contributed by atoms with Crippen LogP contribution < -0.4 is 10.1 Å². The first kappa shape index (κ1) is 12.3. The van der Waals surface area contributed by atoms with Crippen LogP contribution in [-0.4, -0.2) is 24.1 Å². The summed E-state index contributed by atoms with van der Waals surface area (Å²) in [7, 11) is 1.91. The van der Waals surface area contributed by atoms with Gasteiger partial charge in [0.25, 0.3) is 0 Å². The lowest BCUT2D eigenvalue weighted by Gasteiger charge is -2.34. The first-order valence-corrected chi connectivity index (χ1v) is 6.17. The summed E-state index contributed by atoms with van der Waals surface area (Å²) in [5.41, 5.74) is 0.00674. The van der Waals surface area contributed by atoms with Gasteiger partial charge in [-0.3, -0.25) is 10.1 Å². The molecule has 1 N–H and O–H groups in total. The van der Waals surface area contributed by atoms with E-state index in [9.17, 15) is 10.1 Å². The largest absolute Gasteiger partial charge is 0.483 e. The fourth-order valence-electron chi connectivity index (χ4n) is 1.81. The first-order valence-electron chi connectivity index (χ1n) is 5.38. The highest BCUT2D eigenvalue weighted by molar-refractivity contribution is 9.10. The minimum absolute atomic E-state index is 0.00674. The van der Waals surface area contributed by atoms with Crippen molar-refractivity contribution >= 4 is 21.6 Å². The third kappa shape index (κ3) is 2.76. The number of ether oxygens (including phenoxy) is 1. The Morgan fingerprint density at radius 2 is 2.24 bits per heavy atom. The van der Waals surface area contributed by atoms with Gasteiger partial charge in [-0.25, -0.2) is 0 Å². The Morgan fingerprint density at radius 3 is 2.82 bits per heavy atom. The summed E-state index contributed by atoms with van der Waals surface area (Å²) >= 11 is 3.21. The highest BCUT2D eigenvalue weighted by Crippen LogP contribution is 2.34. The van der Waals surface area contributed by atoms with Crippen LogP contribution in [0.15, 0.2) is 22.7 Å². The number of nitrogens with one attached hydrogen (secondary N) is 1. The summed E-state index contributed by atoms with van der Waals surface area (Å²) in [5.74, 6) is 0.345. The average Bonchev–Trinajstić information content (AvgIpc) is 2.24. The van der Waals surface area contributed by atoms with E-state index in [0.29, 0.717) is 16.3 Å². The number of nitrogens with zero attached hydrogens (tertiary/aromatic N) is 1. The molecule has 92 valence electrons. The van der Waals surface area contributed by atoms with E-state index in [1.165, 1.54) is 6.07 Å². The summed E-state index contributed by atoms with van der Waals surface area (Å²) in [4.78, 5) is 10.5. The Balaban J connectivity index is 2.08. The fourth-order valence-corrected chi connectivity index (χ4v) is 2.16. The standard InChI is InChI=1S/C11H13BrN2O3/c1-13-8-5-9(6-8)17-11-3-2-7(12)4-10(11)14(15)16/h2-4,8-9,13H,5-6H2,1H3. The van der Waals surface area contributed by atoms with Crippen LogP contribution in [0.25, 0.3) is 0 Å². The third-order valence-electron chi connectivity index (χ3n) is 2.91. The van der Waals surface area contributed by atoms with Gasteiger partial charge < -0.3 is 10.1 Å². The van der Waals surface area contributed by atoms with Crippen molar-refractivity contribution in [2.45, 2.75) is 25.0 Å². The molecule has 0 unspecified atom stereocenters. The van der Waals surface area contributed by atoms with Crippen LogP contribution >= 0.6 is 15.9 Å². The Labute approximate surface area is 107 Å². The predicted molar refractivity (Wildman–Crippen MR) is 67.3 cm³/mol. The van der Waals surface area contributed by atoms with Crippen LogP contribution in [0.3, 0.4) is 0 Å². The molecule has 17 heavy (non-hydrogen) atoms. The maximum Gasteiger partial charge on any atom is 0.312 e. The van der Waals surface area contributed by atoms with Crippen molar-refractivity contribution in [2.75, 3.05) is 7.05 Å². The first-order chi connectivity index (χ1) is 8.10. The summed E-state index contributed by atoms with van der Waals surface area (Å²) in [6.45, 7) is 0. The minimum Gasteiger partial charge on any atom is -0.483 e. The number of nitro groups is 1. The quantitative estimate of drug-likeness (QED) is 0.685. The van der Waals surface area contributed by atoms with Gasteiger partial charge in [-0.15, -0.1) is 0 Å². The van der Waals surface area contributed by atoms with E-state index in [4.69, 9.17) is 4.74 Å². The number of nitro benzene ring substituents is 1. The average molecular weight is 301 g/mol. The van der Waals surface area contributed by atoms with Crippen molar-refractivity contribution in [3.8, 4) is 5.75 Å². The van der Waals surface area contributed by atoms with Crippen LogP contribution in [-0.2, 0) is 0 Å². The van der Waals surface area contributed by atoms with E-state index in [0.717, 1.165) is 12.8 Å². The normalized spacial score (nSPS) is 22.9. The van der Waals surface area contributed by atoms with Crippen LogP contribution in [0.5, 0.6) is 5.75 Å². The van der Waals surface area contributed by atoms with Gasteiger partial charge in [0.15, 0.2) is 5.75 Å². The van der Waals surface area contributed by atoms with Crippen LogP contribution in [0.1, 0.15) is 12.8 Å². The van der Waals surface area contributed by atoms with Gasteiger partial charge in [0, 0.05) is 16.6 Å². The molecule has 0 bridgehead atoms. The molecule has 1 fully saturated rings. The highest BCUT2D eigenvalue weighted by atomic mass is 79.9. The van der Waals surface area contributed by atoms with E-state index in [2.05, 4.69) is 21.2 Å². The number of rotatable bonds is 4. The molecule has 0 radical (unpaired) electrons. The van der Waals surface area contributed by atoms with E-state index in [1.807, 2.05) is 7.05 Å². The zero-order valence-corrected chi connectivity index (χ0v) is 10.9. The smallest absolute Gasteiger partial charge is 0.312 e. The Morgan fingerprint density at radius 1 is 1.53 bits per heavy atom. The molecule has 0 spiro atoms. The molecule has 1 aromatic rings. The van der Waals surface area contributed by atoms with Crippen LogP contribution in [0, 0.1) is 10.1 Å². The molecule has 1 aliphatic carbocycles. The van der Waals surface area contributed by atoms with Gasteiger partial charge in [-0.2, -0.15) is 0 Å². The molecule has 0 aromatic heterocycles. The summed E-state index contributed by atoms with van der Waals surface area (Å²) < 4.78 is 6.31. The molecular formula is C11H13BrN2O3. The molecule has 0 amide bonds. The Hall–Kier alpha value is -1.14.